The average Bonchev–Trinajstić information content (AvgIpc) is 3.59. The van der Waals surface area contributed by atoms with Crippen LogP contribution in [0.5, 0.6) is 11.5 Å². The second-order valence-electron chi connectivity index (χ2n) is 11.0. The van der Waals surface area contributed by atoms with E-state index in [2.05, 4.69) is 20.9 Å². The molecule has 1 fully saturated rings. The number of urea groups is 1. The van der Waals surface area contributed by atoms with Gasteiger partial charge in [0.25, 0.3) is 5.91 Å². The van der Waals surface area contributed by atoms with Gasteiger partial charge in [0.1, 0.15) is 21.2 Å². The van der Waals surface area contributed by atoms with Crippen LogP contribution in [0.25, 0.3) is 10.2 Å². The van der Waals surface area contributed by atoms with E-state index in [9.17, 15) is 14.4 Å². The van der Waals surface area contributed by atoms with Crippen LogP contribution in [0.1, 0.15) is 28.9 Å². The number of nitrogens with zero attached hydrogens (tertiary/aromatic N) is 3. The van der Waals surface area contributed by atoms with Crippen LogP contribution in [0.4, 0.5) is 21.9 Å². The predicted octanol–water partition coefficient (Wildman–Crippen LogP) is 6.31. The van der Waals surface area contributed by atoms with Crippen LogP contribution in [0, 0.1) is 0 Å². The summed E-state index contributed by atoms with van der Waals surface area (Å²) in [6.07, 6.45) is 7.13. The number of carbonyl (C=O) groups excluding carboxylic acids is 3. The Morgan fingerprint density at radius 1 is 1.14 bits per heavy atom. The van der Waals surface area contributed by atoms with Crippen molar-refractivity contribution in [1.82, 2.24) is 20.5 Å². The SMILES string of the molecule is CN(C)C/C=C/C(=O)NC1CCC(NC(=O)c2sc3nccc4c3c2NC(=O)N4c2ccc(Oc3ccccc3)c(Cl)c2)C1. The summed E-state index contributed by atoms with van der Waals surface area (Å²) in [6, 6.07) is 15.7. The zero-order valence-electron chi connectivity index (χ0n) is 24.2. The molecule has 12 heteroatoms. The van der Waals surface area contributed by atoms with Crippen molar-refractivity contribution in [2.24, 2.45) is 0 Å². The Hall–Kier alpha value is -4.45. The standard InChI is InChI=1S/C32H31ClN6O4S/c1-38(2)16-6-9-26(40)35-19-10-11-20(17-19)36-30(41)29-28-27-24(14-15-34-31(27)44-29)39(32(42)37-28)21-12-13-25(23(33)18-21)43-22-7-4-3-5-8-22/h3-9,12-15,18-20H,10-11,16-17H2,1-2H3,(H,35,40)(H,36,41)(H,37,42)/b9-6+. The van der Waals surface area contributed by atoms with Crippen molar-refractivity contribution in [1.29, 1.82) is 0 Å². The average molecular weight is 631 g/mol. The third-order valence-corrected chi connectivity index (χ3v) is 8.84. The maximum Gasteiger partial charge on any atom is 0.331 e. The monoisotopic (exact) mass is 630 g/mol. The Morgan fingerprint density at radius 3 is 2.66 bits per heavy atom. The Morgan fingerprint density at radius 2 is 1.91 bits per heavy atom. The Labute approximate surface area is 263 Å². The third-order valence-electron chi connectivity index (χ3n) is 7.45. The second kappa shape index (κ2) is 12.7. The van der Waals surface area contributed by atoms with Crippen LogP contribution >= 0.6 is 22.9 Å². The van der Waals surface area contributed by atoms with Gasteiger partial charge in [0, 0.05) is 30.9 Å². The quantitative estimate of drug-likeness (QED) is 0.187. The lowest BCUT2D eigenvalue weighted by molar-refractivity contribution is -0.117. The molecule has 0 saturated heterocycles. The highest BCUT2D eigenvalue weighted by Crippen LogP contribution is 2.46. The lowest BCUT2D eigenvalue weighted by Crippen LogP contribution is -2.37. The second-order valence-corrected chi connectivity index (χ2v) is 12.4. The molecule has 1 saturated carbocycles. The Balaban J connectivity index is 1.18. The lowest BCUT2D eigenvalue weighted by Gasteiger charge is -2.28. The summed E-state index contributed by atoms with van der Waals surface area (Å²) in [5, 5.41) is 10.1. The highest BCUT2D eigenvalue weighted by molar-refractivity contribution is 7.21. The summed E-state index contributed by atoms with van der Waals surface area (Å²) in [7, 11) is 3.88. The van der Waals surface area contributed by atoms with Gasteiger partial charge < -0.3 is 25.6 Å². The van der Waals surface area contributed by atoms with Crippen molar-refractivity contribution in [3.05, 3.63) is 82.8 Å². The number of halogens is 1. The zero-order chi connectivity index (χ0) is 30.8. The van der Waals surface area contributed by atoms with E-state index in [4.69, 9.17) is 16.3 Å². The Bertz CT molecular complexity index is 1760. The zero-order valence-corrected chi connectivity index (χ0v) is 25.7. The van der Waals surface area contributed by atoms with Crippen LogP contribution in [0.2, 0.25) is 5.02 Å². The predicted molar refractivity (Wildman–Crippen MR) is 173 cm³/mol. The van der Waals surface area contributed by atoms with Gasteiger partial charge in [-0.1, -0.05) is 35.9 Å². The van der Waals surface area contributed by atoms with Crippen molar-refractivity contribution < 1.29 is 19.1 Å². The number of anilines is 3. The van der Waals surface area contributed by atoms with E-state index in [1.807, 2.05) is 55.4 Å². The Kier molecular flexibility index (Phi) is 8.51. The number of rotatable bonds is 9. The van der Waals surface area contributed by atoms with Crippen LogP contribution in [0.15, 0.2) is 72.9 Å². The van der Waals surface area contributed by atoms with Gasteiger partial charge >= 0.3 is 6.03 Å². The van der Waals surface area contributed by atoms with E-state index >= 15 is 0 Å². The van der Waals surface area contributed by atoms with E-state index in [-0.39, 0.29) is 23.9 Å². The smallest absolute Gasteiger partial charge is 0.331 e. The number of carbonyl (C=O) groups is 3. The third kappa shape index (κ3) is 6.26. The first-order valence-electron chi connectivity index (χ1n) is 14.2. The molecule has 226 valence electrons. The highest BCUT2D eigenvalue weighted by Gasteiger charge is 2.34. The number of hydrogen-bond acceptors (Lipinski definition) is 7. The first-order valence-corrected chi connectivity index (χ1v) is 15.4. The largest absolute Gasteiger partial charge is 0.456 e. The number of nitrogens with one attached hydrogen (secondary N) is 3. The number of thiophene rings is 1. The molecule has 6 rings (SSSR count). The van der Waals surface area contributed by atoms with Gasteiger partial charge in [-0.15, -0.1) is 11.3 Å². The molecule has 2 atom stereocenters. The van der Waals surface area contributed by atoms with E-state index < -0.39 is 6.03 Å². The molecule has 1 aliphatic heterocycles. The fourth-order valence-corrected chi connectivity index (χ4v) is 6.68. The molecule has 2 aliphatic rings. The number of likely N-dealkylation sites (N-methyl/N-ethyl adjacent to an activating group) is 1. The number of amides is 4. The minimum atomic E-state index is -0.420. The van der Waals surface area contributed by atoms with Gasteiger partial charge in [0.05, 0.1) is 27.5 Å². The van der Waals surface area contributed by atoms with Gasteiger partial charge in [-0.3, -0.25) is 14.5 Å². The first kappa shape index (κ1) is 29.6. The molecule has 44 heavy (non-hydrogen) atoms. The number of para-hydroxylation sites is 1. The summed E-state index contributed by atoms with van der Waals surface area (Å²) in [5.74, 6) is 0.691. The molecule has 2 unspecified atom stereocenters. The van der Waals surface area contributed by atoms with Crippen molar-refractivity contribution in [3.63, 3.8) is 0 Å². The van der Waals surface area contributed by atoms with Crippen LogP contribution in [-0.2, 0) is 4.79 Å². The fourth-order valence-electron chi connectivity index (χ4n) is 5.44. The lowest BCUT2D eigenvalue weighted by atomic mass is 10.1. The van der Waals surface area contributed by atoms with Crippen LogP contribution in [-0.4, -0.2) is 60.5 Å². The molecular formula is C32H31ClN6O4S. The van der Waals surface area contributed by atoms with Gasteiger partial charge in [-0.2, -0.15) is 0 Å². The van der Waals surface area contributed by atoms with Gasteiger partial charge in [-0.05, 0) is 69.8 Å². The van der Waals surface area contributed by atoms with Crippen LogP contribution < -0.4 is 25.6 Å². The molecule has 4 aromatic rings. The molecule has 3 heterocycles. The van der Waals surface area contributed by atoms with Gasteiger partial charge in [0.15, 0.2) is 0 Å². The fraction of sp³-hybridized carbons (Fsp3) is 0.250. The molecule has 3 N–H and O–H groups in total. The minimum Gasteiger partial charge on any atom is -0.456 e. The normalized spacial score (nSPS) is 17.7. The number of benzene rings is 2. The van der Waals surface area contributed by atoms with Gasteiger partial charge in [-0.25, -0.2) is 9.78 Å². The number of ether oxygens (including phenoxy) is 1. The van der Waals surface area contributed by atoms with Crippen molar-refractivity contribution in [3.8, 4) is 11.5 Å². The van der Waals surface area contributed by atoms with Crippen molar-refractivity contribution in [2.75, 3.05) is 30.9 Å². The number of aromatic nitrogens is 1. The van der Waals surface area contributed by atoms with Crippen molar-refractivity contribution >= 4 is 68.1 Å². The molecule has 2 aromatic heterocycles. The van der Waals surface area contributed by atoms with Gasteiger partial charge in [0.2, 0.25) is 5.91 Å². The molecule has 10 nitrogen and oxygen atoms in total. The molecule has 1 aliphatic carbocycles. The van der Waals surface area contributed by atoms with E-state index in [0.717, 1.165) is 12.8 Å². The van der Waals surface area contributed by atoms with E-state index in [1.54, 1.807) is 36.5 Å². The summed E-state index contributed by atoms with van der Waals surface area (Å²) in [5.41, 5.74) is 1.58. The summed E-state index contributed by atoms with van der Waals surface area (Å²) in [4.78, 5) is 48.2. The van der Waals surface area contributed by atoms with Crippen LogP contribution in [0.3, 0.4) is 0 Å². The molecule has 4 amide bonds. The molecular weight excluding hydrogens is 600 g/mol. The summed E-state index contributed by atoms with van der Waals surface area (Å²) < 4.78 is 5.90. The highest BCUT2D eigenvalue weighted by atomic mass is 35.5. The van der Waals surface area contributed by atoms with E-state index in [1.165, 1.54) is 16.2 Å². The minimum absolute atomic E-state index is 0.0181. The maximum absolute atomic E-state index is 13.5. The first-order chi connectivity index (χ1) is 21.3. The molecule has 0 bridgehead atoms. The summed E-state index contributed by atoms with van der Waals surface area (Å²) in [6.45, 7) is 0.683. The molecule has 0 radical (unpaired) electrons. The molecule has 0 spiro atoms. The van der Waals surface area contributed by atoms with Crippen molar-refractivity contribution in [2.45, 2.75) is 31.3 Å². The topological polar surface area (TPSA) is 116 Å². The van der Waals surface area contributed by atoms with E-state index in [0.29, 0.717) is 61.6 Å². The number of pyridine rings is 1. The summed E-state index contributed by atoms with van der Waals surface area (Å²) >= 11 is 7.80. The maximum atomic E-state index is 13.5. The molecule has 2 aromatic carbocycles. The number of hydrogen-bond donors (Lipinski definition) is 3.